The first-order chi connectivity index (χ1) is 9.90. The quantitative estimate of drug-likeness (QED) is 0.859. The molecule has 0 radical (unpaired) electrons. The molecule has 1 aromatic carbocycles. The normalized spacial score (nSPS) is 24.2. The van der Waals surface area contributed by atoms with Crippen molar-refractivity contribution in [3.05, 3.63) is 30.1 Å². The van der Waals surface area contributed by atoms with Crippen LogP contribution in [-0.2, 0) is 14.8 Å². The van der Waals surface area contributed by atoms with Gasteiger partial charge in [0.15, 0.2) is 0 Å². The lowest BCUT2D eigenvalue weighted by Crippen LogP contribution is -2.51. The van der Waals surface area contributed by atoms with Crippen molar-refractivity contribution in [2.75, 3.05) is 0 Å². The molecule has 1 aliphatic rings. The highest BCUT2D eigenvalue weighted by molar-refractivity contribution is 7.89. The Morgan fingerprint density at radius 3 is 2.00 bits per heavy atom. The molecule has 0 spiro atoms. The van der Waals surface area contributed by atoms with Gasteiger partial charge >= 0.3 is 0 Å². The average Bonchev–Trinajstić information content (AvgIpc) is 2.46. The van der Waals surface area contributed by atoms with E-state index in [9.17, 15) is 17.6 Å². The zero-order chi connectivity index (χ0) is 15.6. The molecule has 116 valence electrons. The number of carbonyl (C=O) groups is 1. The second kappa shape index (κ2) is 6.23. The SMILES string of the molecule is CCC1CC(=O)CC(CC)N1S(=O)(=O)c1ccc(F)cc1. The molecule has 21 heavy (non-hydrogen) atoms. The van der Waals surface area contributed by atoms with Crippen molar-refractivity contribution in [1.82, 2.24) is 4.31 Å². The van der Waals surface area contributed by atoms with E-state index in [1.54, 1.807) is 0 Å². The lowest BCUT2D eigenvalue weighted by atomic mass is 9.94. The van der Waals surface area contributed by atoms with Crippen LogP contribution in [0.5, 0.6) is 0 Å². The standard InChI is InChI=1S/C15H20FNO3S/c1-3-12-9-14(18)10-13(4-2)17(12)21(19,20)15-7-5-11(16)6-8-15/h5-8,12-13H,3-4,9-10H2,1-2H3. The fraction of sp³-hybridized carbons (Fsp3) is 0.533. The van der Waals surface area contributed by atoms with Crippen LogP contribution in [0.4, 0.5) is 4.39 Å². The molecule has 1 saturated heterocycles. The maximum Gasteiger partial charge on any atom is 0.243 e. The first-order valence-electron chi connectivity index (χ1n) is 7.21. The lowest BCUT2D eigenvalue weighted by molar-refractivity contribution is -0.123. The van der Waals surface area contributed by atoms with Gasteiger partial charge in [0.05, 0.1) is 4.90 Å². The average molecular weight is 313 g/mol. The summed E-state index contributed by atoms with van der Waals surface area (Å²) in [5, 5.41) is 0. The molecule has 0 saturated carbocycles. The number of sulfonamides is 1. The van der Waals surface area contributed by atoms with Crippen LogP contribution in [0.25, 0.3) is 0 Å². The number of hydrogen-bond donors (Lipinski definition) is 0. The monoisotopic (exact) mass is 313 g/mol. The van der Waals surface area contributed by atoms with E-state index in [1.165, 1.54) is 16.4 Å². The topological polar surface area (TPSA) is 54.5 Å². The molecular weight excluding hydrogens is 293 g/mol. The maximum absolute atomic E-state index is 13.0. The molecular formula is C15H20FNO3S. The van der Waals surface area contributed by atoms with Gasteiger partial charge in [0.2, 0.25) is 10.0 Å². The van der Waals surface area contributed by atoms with Gasteiger partial charge in [-0.25, -0.2) is 12.8 Å². The van der Waals surface area contributed by atoms with Crippen molar-refractivity contribution in [3.63, 3.8) is 0 Å². The first-order valence-corrected chi connectivity index (χ1v) is 8.65. The largest absolute Gasteiger partial charge is 0.300 e. The van der Waals surface area contributed by atoms with Gasteiger partial charge in [-0.1, -0.05) is 13.8 Å². The van der Waals surface area contributed by atoms with Crippen LogP contribution in [-0.4, -0.2) is 30.6 Å². The van der Waals surface area contributed by atoms with E-state index in [1.807, 2.05) is 13.8 Å². The van der Waals surface area contributed by atoms with Gasteiger partial charge in [0.1, 0.15) is 11.6 Å². The number of benzene rings is 1. The number of ketones is 1. The third-order valence-electron chi connectivity index (χ3n) is 3.98. The highest BCUT2D eigenvalue weighted by Gasteiger charge is 2.40. The van der Waals surface area contributed by atoms with E-state index in [2.05, 4.69) is 0 Å². The summed E-state index contributed by atoms with van der Waals surface area (Å²) in [6, 6.07) is 4.21. The van der Waals surface area contributed by atoms with Crippen LogP contribution >= 0.6 is 0 Å². The van der Waals surface area contributed by atoms with E-state index in [0.717, 1.165) is 12.1 Å². The molecule has 6 heteroatoms. The van der Waals surface area contributed by atoms with Crippen LogP contribution in [0.1, 0.15) is 39.5 Å². The molecule has 4 nitrogen and oxygen atoms in total. The number of piperidine rings is 1. The number of rotatable bonds is 4. The van der Waals surface area contributed by atoms with E-state index in [4.69, 9.17) is 0 Å². The van der Waals surface area contributed by atoms with Gasteiger partial charge in [-0.3, -0.25) is 4.79 Å². The number of hydrogen-bond acceptors (Lipinski definition) is 3. The molecule has 1 heterocycles. The van der Waals surface area contributed by atoms with Crippen molar-refractivity contribution in [2.24, 2.45) is 0 Å². The summed E-state index contributed by atoms with van der Waals surface area (Å²) in [5.74, 6) is -0.360. The van der Waals surface area contributed by atoms with E-state index < -0.39 is 15.8 Å². The molecule has 0 aliphatic carbocycles. The molecule has 0 bridgehead atoms. The molecule has 0 amide bonds. The van der Waals surface area contributed by atoms with Crippen molar-refractivity contribution in [1.29, 1.82) is 0 Å². The Morgan fingerprint density at radius 2 is 1.57 bits per heavy atom. The third-order valence-corrected chi connectivity index (χ3v) is 6.00. The van der Waals surface area contributed by atoms with Gasteiger partial charge < -0.3 is 0 Å². The highest BCUT2D eigenvalue weighted by atomic mass is 32.2. The van der Waals surface area contributed by atoms with Gasteiger partial charge in [-0.2, -0.15) is 4.31 Å². The fourth-order valence-electron chi connectivity index (χ4n) is 2.86. The lowest BCUT2D eigenvalue weighted by Gasteiger charge is -2.39. The smallest absolute Gasteiger partial charge is 0.243 e. The van der Waals surface area contributed by atoms with Crippen LogP contribution in [0, 0.1) is 5.82 Å². The molecule has 1 aliphatic heterocycles. The van der Waals surface area contributed by atoms with E-state index in [0.29, 0.717) is 12.8 Å². The summed E-state index contributed by atoms with van der Waals surface area (Å²) >= 11 is 0. The second-order valence-corrected chi connectivity index (χ2v) is 7.20. The van der Waals surface area contributed by atoms with Gasteiger partial charge in [0, 0.05) is 24.9 Å². The zero-order valence-electron chi connectivity index (χ0n) is 12.3. The summed E-state index contributed by atoms with van der Waals surface area (Å²) < 4.78 is 40.1. The predicted octanol–water partition coefficient (Wildman–Crippen LogP) is 2.74. The van der Waals surface area contributed by atoms with E-state index >= 15 is 0 Å². The minimum atomic E-state index is -3.71. The minimum Gasteiger partial charge on any atom is -0.300 e. The van der Waals surface area contributed by atoms with Crippen molar-refractivity contribution >= 4 is 15.8 Å². The van der Waals surface area contributed by atoms with Crippen molar-refractivity contribution in [2.45, 2.75) is 56.5 Å². The Hall–Kier alpha value is -1.27. The van der Waals surface area contributed by atoms with Crippen molar-refractivity contribution in [3.8, 4) is 0 Å². The Morgan fingerprint density at radius 1 is 1.10 bits per heavy atom. The van der Waals surface area contributed by atoms with Crippen LogP contribution in [0.15, 0.2) is 29.2 Å². The number of Topliss-reactive ketones (excluding diaryl/α,β-unsaturated/α-hetero) is 1. The molecule has 0 aromatic heterocycles. The second-order valence-electron chi connectivity index (χ2n) is 5.36. The van der Waals surface area contributed by atoms with Crippen molar-refractivity contribution < 1.29 is 17.6 Å². The van der Waals surface area contributed by atoms with Crippen LogP contribution in [0.2, 0.25) is 0 Å². The number of halogens is 1. The van der Waals surface area contributed by atoms with Crippen LogP contribution in [0.3, 0.4) is 0 Å². The highest BCUT2D eigenvalue weighted by Crippen LogP contribution is 2.31. The van der Waals surface area contributed by atoms with Gasteiger partial charge in [-0.15, -0.1) is 0 Å². The number of nitrogens with zero attached hydrogens (tertiary/aromatic N) is 1. The molecule has 1 fully saturated rings. The molecule has 0 N–H and O–H groups in total. The predicted molar refractivity (Wildman–Crippen MR) is 77.8 cm³/mol. The summed E-state index contributed by atoms with van der Waals surface area (Å²) in [7, 11) is -3.71. The van der Waals surface area contributed by atoms with Crippen LogP contribution < -0.4 is 0 Å². The van der Waals surface area contributed by atoms with Gasteiger partial charge in [0.25, 0.3) is 0 Å². The Bertz CT molecular complexity index is 596. The third kappa shape index (κ3) is 3.16. The molecule has 2 unspecified atom stereocenters. The fourth-order valence-corrected chi connectivity index (χ4v) is 4.81. The summed E-state index contributed by atoms with van der Waals surface area (Å²) in [5.41, 5.74) is 0. The Balaban J connectivity index is 2.43. The summed E-state index contributed by atoms with van der Waals surface area (Å²) in [6.07, 6.45) is 1.69. The van der Waals surface area contributed by atoms with Gasteiger partial charge in [-0.05, 0) is 37.1 Å². The zero-order valence-corrected chi connectivity index (χ0v) is 13.1. The number of carbonyl (C=O) groups excluding carboxylic acids is 1. The Labute approximate surface area is 125 Å². The summed E-state index contributed by atoms with van der Waals surface area (Å²) in [6.45, 7) is 3.76. The molecule has 2 rings (SSSR count). The maximum atomic E-state index is 13.0. The summed E-state index contributed by atoms with van der Waals surface area (Å²) in [4.78, 5) is 11.9. The minimum absolute atomic E-state index is 0.0788. The first kappa shape index (κ1) is 16.1. The van der Waals surface area contributed by atoms with E-state index in [-0.39, 0.29) is 35.6 Å². The molecule has 2 atom stereocenters. The Kier molecular flexibility index (Phi) is 4.78. The molecule has 1 aromatic rings.